The largest absolute Gasteiger partial charge is 0.353 e. The van der Waals surface area contributed by atoms with Crippen molar-refractivity contribution in [2.24, 2.45) is 0 Å². The topological polar surface area (TPSA) is 87.6 Å². The number of H-pyrrole nitrogens is 1. The number of aryl methyl sites for hydroxylation is 1. The maximum Gasteiger partial charge on any atom is 0.237 e. The van der Waals surface area contributed by atoms with E-state index in [1.165, 1.54) is 12.8 Å². The number of imidazole rings is 2. The molecule has 1 atom stereocenters. The van der Waals surface area contributed by atoms with Crippen molar-refractivity contribution < 1.29 is 4.79 Å². The highest BCUT2D eigenvalue weighted by atomic mass is 16.2. The lowest BCUT2D eigenvalue weighted by atomic mass is 9.85. The van der Waals surface area contributed by atoms with Gasteiger partial charge in [0.05, 0.1) is 23.6 Å². The van der Waals surface area contributed by atoms with Crippen molar-refractivity contribution in [3.63, 3.8) is 0 Å². The molecule has 0 bridgehead atoms. The summed E-state index contributed by atoms with van der Waals surface area (Å²) in [5.41, 5.74) is 2.12. The third kappa shape index (κ3) is 2.62. The zero-order valence-electron chi connectivity index (χ0n) is 14.0. The van der Waals surface area contributed by atoms with Gasteiger partial charge in [-0.15, -0.1) is 0 Å². The minimum Gasteiger partial charge on any atom is -0.353 e. The average molecular weight is 328 g/mol. The van der Waals surface area contributed by atoms with Crippen molar-refractivity contribution in [2.45, 2.75) is 57.2 Å². The minimum atomic E-state index is -0.195. The van der Waals surface area contributed by atoms with Crippen molar-refractivity contribution in [1.29, 1.82) is 0 Å². The van der Waals surface area contributed by atoms with Crippen molar-refractivity contribution >= 4 is 5.91 Å². The van der Waals surface area contributed by atoms with E-state index in [0.717, 1.165) is 36.6 Å². The lowest BCUT2D eigenvalue weighted by Crippen LogP contribution is -2.57. The number of aromatic nitrogens is 4. The van der Waals surface area contributed by atoms with Gasteiger partial charge in [-0.2, -0.15) is 0 Å². The van der Waals surface area contributed by atoms with Crippen LogP contribution in [0.25, 0.3) is 0 Å². The molecule has 1 unspecified atom stereocenters. The molecule has 3 heterocycles. The van der Waals surface area contributed by atoms with Crippen molar-refractivity contribution in [1.82, 2.24) is 30.2 Å². The normalized spacial score (nSPS) is 21.8. The summed E-state index contributed by atoms with van der Waals surface area (Å²) in [4.78, 5) is 24.6. The third-order valence-electron chi connectivity index (χ3n) is 5.38. The molecule has 24 heavy (non-hydrogen) atoms. The summed E-state index contributed by atoms with van der Waals surface area (Å²) >= 11 is 0. The summed E-state index contributed by atoms with van der Waals surface area (Å²) in [7, 11) is 0. The number of amides is 1. The first-order valence-corrected chi connectivity index (χ1v) is 8.74. The van der Waals surface area contributed by atoms with Gasteiger partial charge in [-0.1, -0.05) is 12.8 Å². The van der Waals surface area contributed by atoms with Gasteiger partial charge in [0, 0.05) is 37.6 Å². The number of nitrogens with zero attached hydrogens (tertiary/aromatic N) is 3. The predicted molar refractivity (Wildman–Crippen MR) is 89.3 cm³/mol. The lowest BCUT2D eigenvalue weighted by molar-refractivity contribution is -0.124. The van der Waals surface area contributed by atoms with Gasteiger partial charge in [0.25, 0.3) is 0 Å². The van der Waals surface area contributed by atoms with E-state index in [-0.39, 0.29) is 17.5 Å². The summed E-state index contributed by atoms with van der Waals surface area (Å²) in [5, 5.41) is 6.68. The Kier molecular flexibility index (Phi) is 3.88. The zero-order chi connectivity index (χ0) is 16.6. The highest BCUT2D eigenvalue weighted by molar-refractivity contribution is 5.82. The van der Waals surface area contributed by atoms with Crippen LogP contribution in [0, 0.1) is 6.92 Å². The van der Waals surface area contributed by atoms with Gasteiger partial charge in [-0.25, -0.2) is 9.97 Å². The molecule has 2 aromatic rings. The second kappa shape index (κ2) is 6.05. The van der Waals surface area contributed by atoms with Crippen LogP contribution in [0.2, 0.25) is 0 Å². The number of carbonyl (C=O) groups excluding carboxylic acids is 1. The second-order valence-corrected chi connectivity index (χ2v) is 6.88. The van der Waals surface area contributed by atoms with E-state index in [9.17, 15) is 4.79 Å². The smallest absolute Gasteiger partial charge is 0.237 e. The van der Waals surface area contributed by atoms with Gasteiger partial charge < -0.3 is 14.9 Å². The van der Waals surface area contributed by atoms with E-state index in [0.29, 0.717) is 13.0 Å². The van der Waals surface area contributed by atoms with E-state index < -0.39 is 0 Å². The summed E-state index contributed by atoms with van der Waals surface area (Å²) in [6.07, 6.45) is 10.6. The molecule has 1 fully saturated rings. The third-order valence-corrected chi connectivity index (χ3v) is 5.38. The first-order valence-electron chi connectivity index (χ1n) is 8.74. The molecule has 128 valence electrons. The van der Waals surface area contributed by atoms with Crippen molar-refractivity contribution in [3.05, 3.63) is 35.9 Å². The van der Waals surface area contributed by atoms with E-state index in [2.05, 4.69) is 25.6 Å². The number of rotatable bonds is 4. The molecule has 0 radical (unpaired) electrons. The molecule has 1 saturated carbocycles. The molecule has 7 nitrogen and oxygen atoms in total. The Morgan fingerprint density at radius 1 is 1.42 bits per heavy atom. The number of fused-ring (bicyclic) bond motifs is 2. The molecule has 0 aromatic carbocycles. The fourth-order valence-corrected chi connectivity index (χ4v) is 4.13. The van der Waals surface area contributed by atoms with Crippen molar-refractivity contribution in [3.8, 4) is 0 Å². The van der Waals surface area contributed by atoms with Gasteiger partial charge in [0.2, 0.25) is 5.91 Å². The number of carbonyl (C=O) groups is 1. The molecule has 1 spiro atoms. The van der Waals surface area contributed by atoms with Crippen LogP contribution in [0.5, 0.6) is 0 Å². The van der Waals surface area contributed by atoms with E-state index in [4.69, 9.17) is 0 Å². The Hall–Kier alpha value is -2.15. The number of nitrogens with one attached hydrogen (secondary N) is 3. The Morgan fingerprint density at radius 3 is 3.00 bits per heavy atom. The van der Waals surface area contributed by atoms with E-state index in [1.54, 1.807) is 12.5 Å². The van der Waals surface area contributed by atoms with Crippen LogP contribution < -0.4 is 10.6 Å². The van der Waals surface area contributed by atoms with Crippen LogP contribution in [-0.4, -0.2) is 38.0 Å². The van der Waals surface area contributed by atoms with Crippen LogP contribution >= 0.6 is 0 Å². The van der Waals surface area contributed by atoms with Gasteiger partial charge in [-0.3, -0.25) is 10.1 Å². The van der Waals surface area contributed by atoms with Gasteiger partial charge in [0.15, 0.2) is 0 Å². The van der Waals surface area contributed by atoms with E-state index >= 15 is 0 Å². The Bertz CT molecular complexity index is 727. The molecule has 1 aliphatic heterocycles. The number of aromatic amines is 1. The van der Waals surface area contributed by atoms with Crippen LogP contribution in [0.4, 0.5) is 0 Å². The van der Waals surface area contributed by atoms with Gasteiger partial charge >= 0.3 is 0 Å². The van der Waals surface area contributed by atoms with Crippen LogP contribution in [0.3, 0.4) is 0 Å². The standard InChI is InChI=1S/C17H24N6O/c1-12-18-6-8-23(12)9-7-19-16(24)14-10-13-15(21-11-20-13)17(22-14)4-2-3-5-17/h6,8,11,14,22H,2-5,7,9-10H2,1H3,(H,19,24)(H,20,21). The Morgan fingerprint density at radius 2 is 2.25 bits per heavy atom. The molecule has 2 aliphatic rings. The minimum absolute atomic E-state index is 0.0688. The Labute approximate surface area is 141 Å². The first kappa shape index (κ1) is 15.4. The maximum absolute atomic E-state index is 12.7. The van der Waals surface area contributed by atoms with Crippen LogP contribution in [-0.2, 0) is 23.3 Å². The van der Waals surface area contributed by atoms with E-state index in [1.807, 2.05) is 17.7 Å². The Balaban J connectivity index is 1.41. The highest BCUT2D eigenvalue weighted by Gasteiger charge is 2.45. The summed E-state index contributed by atoms with van der Waals surface area (Å²) in [6.45, 7) is 3.32. The monoisotopic (exact) mass is 328 g/mol. The molecule has 4 rings (SSSR count). The highest BCUT2D eigenvalue weighted by Crippen LogP contribution is 2.41. The fraction of sp³-hybridized carbons (Fsp3) is 0.588. The molecule has 3 N–H and O–H groups in total. The van der Waals surface area contributed by atoms with Crippen LogP contribution in [0.1, 0.15) is 42.9 Å². The molecule has 1 amide bonds. The predicted octanol–water partition coefficient (Wildman–Crippen LogP) is 1.01. The number of hydrogen-bond acceptors (Lipinski definition) is 4. The SMILES string of the molecule is Cc1nccn1CCNC(=O)C1Cc2[nH]cnc2C2(CCCC2)N1. The molecule has 0 saturated heterocycles. The molecular weight excluding hydrogens is 304 g/mol. The summed E-state index contributed by atoms with van der Waals surface area (Å²) in [5.74, 6) is 1.03. The summed E-state index contributed by atoms with van der Waals surface area (Å²) < 4.78 is 2.04. The molecule has 2 aromatic heterocycles. The number of hydrogen-bond donors (Lipinski definition) is 3. The quantitative estimate of drug-likeness (QED) is 0.782. The average Bonchev–Trinajstić information content (AvgIpc) is 3.30. The van der Waals surface area contributed by atoms with Crippen LogP contribution in [0.15, 0.2) is 18.7 Å². The molecule has 1 aliphatic carbocycles. The first-order chi connectivity index (χ1) is 11.7. The zero-order valence-corrected chi connectivity index (χ0v) is 14.0. The van der Waals surface area contributed by atoms with Gasteiger partial charge in [-0.05, 0) is 19.8 Å². The molecular formula is C17H24N6O. The van der Waals surface area contributed by atoms with Gasteiger partial charge in [0.1, 0.15) is 5.82 Å². The van der Waals surface area contributed by atoms with Crippen molar-refractivity contribution in [2.75, 3.05) is 6.54 Å². The second-order valence-electron chi connectivity index (χ2n) is 6.88. The lowest BCUT2D eigenvalue weighted by Gasteiger charge is -2.38. The molecule has 7 heteroatoms. The summed E-state index contributed by atoms with van der Waals surface area (Å²) in [6, 6.07) is -0.195. The fourth-order valence-electron chi connectivity index (χ4n) is 4.13. The maximum atomic E-state index is 12.7.